The molecule has 0 aliphatic carbocycles. The smallest absolute Gasteiger partial charge is 0.220 e. The number of hydrogen-bond donors (Lipinski definition) is 1. The molecule has 0 radical (unpaired) electrons. The Hall–Kier alpha value is -3.07. The van der Waals surface area contributed by atoms with Crippen LogP contribution in [-0.4, -0.2) is 46.2 Å². The third-order valence-corrected chi connectivity index (χ3v) is 6.17. The van der Waals surface area contributed by atoms with Crippen LogP contribution in [0, 0.1) is 0 Å². The molecule has 0 saturated carbocycles. The van der Waals surface area contributed by atoms with Crippen molar-refractivity contribution in [2.75, 3.05) is 32.0 Å². The summed E-state index contributed by atoms with van der Waals surface area (Å²) in [6, 6.07) is 16.2. The van der Waals surface area contributed by atoms with Crippen molar-refractivity contribution in [1.82, 2.24) is 19.9 Å². The number of anilines is 1. The van der Waals surface area contributed by atoms with E-state index in [1.165, 1.54) is 5.56 Å². The maximum Gasteiger partial charge on any atom is 0.220 e. The van der Waals surface area contributed by atoms with Crippen LogP contribution in [0.1, 0.15) is 10.6 Å². The molecule has 1 aliphatic heterocycles. The second kappa shape index (κ2) is 8.97. The summed E-state index contributed by atoms with van der Waals surface area (Å²) in [6.45, 7) is 4.91. The maximum atomic E-state index is 6.05. The molecule has 8 heteroatoms. The summed E-state index contributed by atoms with van der Waals surface area (Å²) in [5.74, 6) is 1.13. The van der Waals surface area contributed by atoms with Crippen LogP contribution in [0.2, 0.25) is 0 Å². The molecule has 31 heavy (non-hydrogen) atoms. The third-order valence-electron chi connectivity index (χ3n) is 5.17. The fourth-order valence-electron chi connectivity index (χ4n) is 3.62. The van der Waals surface area contributed by atoms with Crippen LogP contribution in [0.15, 0.2) is 54.7 Å². The van der Waals surface area contributed by atoms with Gasteiger partial charge in [-0.05, 0) is 35.9 Å². The van der Waals surface area contributed by atoms with Crippen molar-refractivity contribution in [3.05, 3.63) is 65.3 Å². The van der Waals surface area contributed by atoms with Gasteiger partial charge in [0.05, 0.1) is 29.1 Å². The molecule has 0 unspecified atom stereocenters. The maximum absolute atomic E-state index is 6.05. The molecule has 0 amide bonds. The lowest BCUT2D eigenvalue weighted by molar-refractivity contribution is 0.0341. The highest BCUT2D eigenvalue weighted by Crippen LogP contribution is 2.28. The van der Waals surface area contributed by atoms with Gasteiger partial charge in [-0.15, -0.1) is 11.3 Å². The lowest BCUT2D eigenvalue weighted by Gasteiger charge is -2.26. The number of ether oxygens (including phenoxy) is 2. The number of nitrogens with zero attached hydrogens (tertiary/aromatic N) is 4. The number of nitrogen functional groups attached to an aromatic ring is 1. The Morgan fingerprint density at radius 2 is 1.97 bits per heavy atom. The topological polar surface area (TPSA) is 86.4 Å². The largest absolute Gasteiger partial charge is 0.486 e. The standard InChI is InChI=1S/C23H23N5O2S/c24-23-25-7-6-19(27-23)17-4-5-20-21(13-17)31-22(26-20)15-30-18-3-1-2-16(12-18)14-28-8-10-29-11-9-28/h1-7,12-13H,8-11,14-15H2,(H2,24,25,27). The minimum Gasteiger partial charge on any atom is -0.486 e. The number of thiazole rings is 1. The molecule has 0 bridgehead atoms. The summed E-state index contributed by atoms with van der Waals surface area (Å²) in [5.41, 5.74) is 9.71. The van der Waals surface area contributed by atoms with Gasteiger partial charge < -0.3 is 15.2 Å². The van der Waals surface area contributed by atoms with Crippen LogP contribution in [0.5, 0.6) is 5.75 Å². The number of benzene rings is 2. The van der Waals surface area contributed by atoms with Crippen molar-refractivity contribution in [3.8, 4) is 17.0 Å². The highest BCUT2D eigenvalue weighted by Gasteiger charge is 2.12. The van der Waals surface area contributed by atoms with Crippen molar-refractivity contribution in [1.29, 1.82) is 0 Å². The van der Waals surface area contributed by atoms with Crippen LogP contribution in [0.3, 0.4) is 0 Å². The zero-order valence-electron chi connectivity index (χ0n) is 17.0. The molecule has 2 aromatic heterocycles. The van der Waals surface area contributed by atoms with E-state index in [4.69, 9.17) is 20.2 Å². The molecule has 5 rings (SSSR count). The Labute approximate surface area is 184 Å². The molecule has 1 saturated heterocycles. The van der Waals surface area contributed by atoms with Crippen molar-refractivity contribution in [3.63, 3.8) is 0 Å². The summed E-state index contributed by atoms with van der Waals surface area (Å²) < 4.78 is 12.6. The van der Waals surface area contributed by atoms with Gasteiger partial charge in [0, 0.05) is 31.4 Å². The van der Waals surface area contributed by atoms with Crippen LogP contribution in [-0.2, 0) is 17.9 Å². The summed E-state index contributed by atoms with van der Waals surface area (Å²) in [5, 5.41) is 0.938. The van der Waals surface area contributed by atoms with Gasteiger partial charge in [0.1, 0.15) is 17.4 Å². The van der Waals surface area contributed by atoms with Gasteiger partial charge in [-0.25, -0.2) is 15.0 Å². The lowest BCUT2D eigenvalue weighted by atomic mass is 10.1. The van der Waals surface area contributed by atoms with Gasteiger partial charge in [-0.3, -0.25) is 4.90 Å². The first-order valence-corrected chi connectivity index (χ1v) is 11.0. The van der Waals surface area contributed by atoms with Crippen molar-refractivity contribution in [2.24, 2.45) is 0 Å². The summed E-state index contributed by atoms with van der Waals surface area (Å²) >= 11 is 1.63. The first kappa shape index (κ1) is 19.9. The first-order chi connectivity index (χ1) is 15.2. The van der Waals surface area contributed by atoms with Gasteiger partial charge >= 0.3 is 0 Å². The fraction of sp³-hybridized carbons (Fsp3) is 0.261. The molecule has 4 aromatic rings. The molecule has 1 aliphatic rings. The second-order valence-electron chi connectivity index (χ2n) is 7.41. The van der Waals surface area contributed by atoms with E-state index in [0.29, 0.717) is 6.61 Å². The van der Waals surface area contributed by atoms with Gasteiger partial charge in [0.25, 0.3) is 0 Å². The lowest BCUT2D eigenvalue weighted by Crippen LogP contribution is -2.35. The molecule has 1 fully saturated rings. The number of fused-ring (bicyclic) bond motifs is 1. The van der Waals surface area contributed by atoms with Gasteiger partial charge in [0.2, 0.25) is 5.95 Å². The van der Waals surface area contributed by atoms with E-state index in [9.17, 15) is 0 Å². The Morgan fingerprint density at radius 1 is 1.06 bits per heavy atom. The Kier molecular flexibility index (Phi) is 5.75. The zero-order chi connectivity index (χ0) is 21.0. The monoisotopic (exact) mass is 433 g/mol. The van der Waals surface area contributed by atoms with Crippen LogP contribution < -0.4 is 10.5 Å². The van der Waals surface area contributed by atoms with E-state index in [1.807, 2.05) is 30.3 Å². The van der Waals surface area contributed by atoms with E-state index in [0.717, 1.165) is 65.1 Å². The minimum absolute atomic E-state index is 0.270. The van der Waals surface area contributed by atoms with Gasteiger partial charge in [-0.1, -0.05) is 18.2 Å². The van der Waals surface area contributed by atoms with Crippen molar-refractivity contribution in [2.45, 2.75) is 13.2 Å². The van der Waals surface area contributed by atoms with Gasteiger partial charge in [-0.2, -0.15) is 0 Å². The highest BCUT2D eigenvalue weighted by molar-refractivity contribution is 7.18. The molecular formula is C23H23N5O2S. The molecule has 0 spiro atoms. The van der Waals surface area contributed by atoms with E-state index in [-0.39, 0.29) is 5.95 Å². The summed E-state index contributed by atoms with van der Waals surface area (Å²) in [4.78, 5) is 15.4. The molecule has 3 heterocycles. The number of nitrogens with two attached hydrogens (primary N) is 1. The first-order valence-electron chi connectivity index (χ1n) is 10.2. The number of aromatic nitrogens is 3. The van der Waals surface area contributed by atoms with E-state index >= 15 is 0 Å². The SMILES string of the molecule is Nc1nccc(-c2ccc3nc(COc4cccc(CN5CCOCC5)c4)sc3c2)n1. The third kappa shape index (κ3) is 4.82. The van der Waals surface area contributed by atoms with Gasteiger partial charge in [0.15, 0.2) is 0 Å². The fourth-order valence-corrected chi connectivity index (χ4v) is 4.54. The Morgan fingerprint density at radius 3 is 2.84 bits per heavy atom. The molecule has 2 N–H and O–H groups in total. The van der Waals surface area contributed by atoms with Crippen LogP contribution >= 0.6 is 11.3 Å². The van der Waals surface area contributed by atoms with E-state index in [2.05, 4.69) is 33.1 Å². The second-order valence-corrected chi connectivity index (χ2v) is 8.53. The van der Waals surface area contributed by atoms with Crippen LogP contribution in [0.4, 0.5) is 5.95 Å². The quantitative estimate of drug-likeness (QED) is 0.496. The highest BCUT2D eigenvalue weighted by atomic mass is 32.1. The molecule has 7 nitrogen and oxygen atoms in total. The van der Waals surface area contributed by atoms with E-state index in [1.54, 1.807) is 17.5 Å². The molecule has 2 aromatic carbocycles. The average molecular weight is 434 g/mol. The predicted octanol–water partition coefficient (Wildman–Crippen LogP) is 3.75. The van der Waals surface area contributed by atoms with Crippen molar-refractivity contribution < 1.29 is 9.47 Å². The number of rotatable bonds is 6. The normalized spacial score (nSPS) is 14.7. The minimum atomic E-state index is 0.270. The number of hydrogen-bond acceptors (Lipinski definition) is 8. The predicted molar refractivity (Wildman–Crippen MR) is 122 cm³/mol. The summed E-state index contributed by atoms with van der Waals surface area (Å²) in [7, 11) is 0. The Balaban J connectivity index is 1.27. The number of morpholine rings is 1. The van der Waals surface area contributed by atoms with E-state index < -0.39 is 0 Å². The zero-order valence-corrected chi connectivity index (χ0v) is 17.8. The van der Waals surface area contributed by atoms with Crippen molar-refractivity contribution >= 4 is 27.5 Å². The Bertz CT molecular complexity index is 1190. The molecular weight excluding hydrogens is 410 g/mol. The van der Waals surface area contributed by atoms with Crippen LogP contribution in [0.25, 0.3) is 21.5 Å². The molecule has 0 atom stereocenters. The average Bonchev–Trinajstić information content (AvgIpc) is 3.21. The summed E-state index contributed by atoms with van der Waals surface area (Å²) in [6.07, 6.45) is 1.67. The molecule has 158 valence electrons.